The fourth-order valence-electron chi connectivity index (χ4n) is 4.30. The van der Waals surface area contributed by atoms with E-state index in [0.29, 0.717) is 23.8 Å². The van der Waals surface area contributed by atoms with Crippen LogP contribution < -0.4 is 10.7 Å². The molecule has 1 aromatic carbocycles. The van der Waals surface area contributed by atoms with Gasteiger partial charge in [0.05, 0.1) is 5.75 Å². The number of hydrogen-bond donors (Lipinski definition) is 2. The Balaban J connectivity index is 1.26. The van der Waals surface area contributed by atoms with Crippen LogP contribution in [0.5, 0.6) is 0 Å². The van der Waals surface area contributed by atoms with Gasteiger partial charge in [0.1, 0.15) is 21.7 Å². The fraction of sp³-hybridized carbons (Fsp3) is 0.348. The van der Waals surface area contributed by atoms with Crippen LogP contribution in [-0.4, -0.2) is 44.1 Å². The maximum Gasteiger partial charge on any atom is 0.344 e. The van der Waals surface area contributed by atoms with Gasteiger partial charge in [0, 0.05) is 10.3 Å². The second-order valence-electron chi connectivity index (χ2n) is 8.53. The summed E-state index contributed by atoms with van der Waals surface area (Å²) in [7, 11) is 0. The Hall–Kier alpha value is -2.98. The van der Waals surface area contributed by atoms with Crippen LogP contribution in [0.25, 0.3) is 20.7 Å². The number of carbonyl (C=O) groups excluding carboxylic acids is 3. The number of imide groups is 1. The number of nitrogens with zero attached hydrogens (tertiary/aromatic N) is 3. The number of hydrazine groups is 1. The largest absolute Gasteiger partial charge is 0.344 e. The molecule has 1 aliphatic heterocycles. The lowest BCUT2D eigenvalue weighted by Gasteiger charge is -2.33. The summed E-state index contributed by atoms with van der Waals surface area (Å²) >= 11 is 2.82. The van der Waals surface area contributed by atoms with Gasteiger partial charge in [-0.3, -0.25) is 15.0 Å². The lowest BCUT2D eigenvalue weighted by molar-refractivity contribution is -0.139. The van der Waals surface area contributed by atoms with Crippen molar-refractivity contribution in [1.82, 2.24) is 25.7 Å². The lowest BCUT2D eigenvalue weighted by atomic mass is 9.77. The van der Waals surface area contributed by atoms with Gasteiger partial charge in [-0.2, -0.15) is 5.01 Å². The SMILES string of the molecule is CC1CCC2(CC1)NC(=O)N(NC(=O)CSc1ncnc3sc(-c4ccccc4)cc13)C2=O. The molecule has 3 aromatic rings. The predicted molar refractivity (Wildman–Crippen MR) is 127 cm³/mol. The summed E-state index contributed by atoms with van der Waals surface area (Å²) in [5.74, 6) is -0.254. The van der Waals surface area contributed by atoms with E-state index in [1.165, 1.54) is 18.1 Å². The van der Waals surface area contributed by atoms with Gasteiger partial charge >= 0.3 is 6.03 Å². The molecule has 2 aromatic heterocycles. The van der Waals surface area contributed by atoms with Gasteiger partial charge in [0.25, 0.3) is 5.91 Å². The Labute approximate surface area is 199 Å². The molecule has 0 radical (unpaired) electrons. The number of thiophene rings is 1. The number of urea groups is 1. The molecule has 0 unspecified atom stereocenters. The van der Waals surface area contributed by atoms with Crippen molar-refractivity contribution in [2.24, 2.45) is 5.92 Å². The molecule has 5 rings (SSSR count). The van der Waals surface area contributed by atoms with Crippen LogP contribution in [-0.2, 0) is 9.59 Å². The second kappa shape index (κ2) is 8.75. The van der Waals surface area contributed by atoms with Crippen LogP contribution in [0.1, 0.15) is 32.6 Å². The van der Waals surface area contributed by atoms with Crippen LogP contribution >= 0.6 is 23.1 Å². The molecule has 3 heterocycles. The van der Waals surface area contributed by atoms with Crippen molar-refractivity contribution in [2.75, 3.05) is 5.75 Å². The van der Waals surface area contributed by atoms with Crippen LogP contribution in [0.2, 0.25) is 0 Å². The van der Waals surface area contributed by atoms with E-state index >= 15 is 0 Å². The molecule has 1 saturated carbocycles. The number of fused-ring (bicyclic) bond motifs is 1. The smallest absolute Gasteiger partial charge is 0.322 e. The van der Waals surface area contributed by atoms with Gasteiger partial charge in [-0.25, -0.2) is 14.8 Å². The molecule has 1 spiro atoms. The first-order valence-corrected chi connectivity index (χ1v) is 12.6. The van der Waals surface area contributed by atoms with Gasteiger partial charge < -0.3 is 5.32 Å². The molecule has 1 saturated heterocycles. The van der Waals surface area contributed by atoms with Crippen molar-refractivity contribution in [1.29, 1.82) is 0 Å². The highest BCUT2D eigenvalue weighted by molar-refractivity contribution is 8.00. The number of amides is 4. The number of rotatable bonds is 5. The van der Waals surface area contributed by atoms with Crippen LogP contribution in [0.4, 0.5) is 4.79 Å². The first kappa shape index (κ1) is 21.8. The molecular weight excluding hydrogens is 458 g/mol. The van der Waals surface area contributed by atoms with E-state index in [2.05, 4.69) is 27.6 Å². The molecule has 170 valence electrons. The van der Waals surface area contributed by atoms with E-state index in [4.69, 9.17) is 0 Å². The van der Waals surface area contributed by atoms with Gasteiger partial charge in [-0.15, -0.1) is 11.3 Å². The van der Waals surface area contributed by atoms with Gasteiger partial charge in [-0.05, 0) is 43.2 Å². The second-order valence-corrected chi connectivity index (χ2v) is 10.5. The van der Waals surface area contributed by atoms with Crippen LogP contribution in [0.15, 0.2) is 47.8 Å². The molecule has 2 fully saturated rings. The van der Waals surface area contributed by atoms with E-state index in [0.717, 1.165) is 38.5 Å². The first-order chi connectivity index (χ1) is 15.9. The molecule has 0 atom stereocenters. The monoisotopic (exact) mass is 481 g/mol. The quantitative estimate of drug-likeness (QED) is 0.325. The highest BCUT2D eigenvalue weighted by Crippen LogP contribution is 2.37. The Bertz CT molecular complexity index is 1220. The minimum Gasteiger partial charge on any atom is -0.322 e. The zero-order chi connectivity index (χ0) is 23.0. The van der Waals surface area contributed by atoms with Crippen molar-refractivity contribution < 1.29 is 14.4 Å². The summed E-state index contributed by atoms with van der Waals surface area (Å²) in [5.41, 5.74) is 2.70. The summed E-state index contributed by atoms with van der Waals surface area (Å²) in [4.78, 5) is 48.6. The molecule has 10 heteroatoms. The number of nitrogens with one attached hydrogen (secondary N) is 2. The molecule has 4 amide bonds. The minimum absolute atomic E-state index is 0.0176. The standard InChI is InChI=1S/C23H23N5O3S2/c1-14-7-9-23(10-8-14)21(30)28(22(31)26-23)27-18(29)12-32-19-16-11-17(15-5-3-2-4-6-15)33-20(16)25-13-24-19/h2-6,11,13-14H,7-10,12H2,1H3,(H,26,31)(H,27,29). The van der Waals surface area contributed by atoms with Crippen molar-refractivity contribution in [3.05, 3.63) is 42.7 Å². The normalized spacial score (nSPS) is 22.7. The highest BCUT2D eigenvalue weighted by Gasteiger charge is 2.52. The third-order valence-corrected chi connectivity index (χ3v) is 8.31. The fourth-order valence-corrected chi connectivity index (χ4v) is 6.13. The Morgan fingerprint density at radius 3 is 2.76 bits per heavy atom. The highest BCUT2D eigenvalue weighted by atomic mass is 32.2. The molecule has 2 N–H and O–H groups in total. The van der Waals surface area contributed by atoms with Crippen molar-refractivity contribution in [3.63, 3.8) is 0 Å². The maximum atomic E-state index is 12.9. The summed E-state index contributed by atoms with van der Waals surface area (Å²) in [5, 5.41) is 5.21. The van der Waals surface area contributed by atoms with Gasteiger partial charge in [0.2, 0.25) is 5.91 Å². The summed E-state index contributed by atoms with van der Waals surface area (Å²) in [6, 6.07) is 11.5. The van der Waals surface area contributed by atoms with E-state index in [1.54, 1.807) is 11.3 Å². The topological polar surface area (TPSA) is 104 Å². The first-order valence-electron chi connectivity index (χ1n) is 10.8. The Morgan fingerprint density at radius 1 is 1.24 bits per heavy atom. The lowest BCUT2D eigenvalue weighted by Crippen LogP contribution is -2.51. The third-order valence-electron chi connectivity index (χ3n) is 6.22. The zero-order valence-electron chi connectivity index (χ0n) is 18.0. The Morgan fingerprint density at radius 2 is 2.00 bits per heavy atom. The average molecular weight is 482 g/mol. The summed E-state index contributed by atoms with van der Waals surface area (Å²) in [6.07, 6.45) is 4.43. The van der Waals surface area contributed by atoms with E-state index in [9.17, 15) is 14.4 Å². The van der Waals surface area contributed by atoms with Gasteiger partial charge in [0.15, 0.2) is 0 Å². The number of hydrogen-bond acceptors (Lipinski definition) is 7. The number of benzene rings is 1. The summed E-state index contributed by atoms with van der Waals surface area (Å²) < 4.78 is 0. The van der Waals surface area contributed by atoms with E-state index in [1.807, 2.05) is 36.4 Å². The van der Waals surface area contributed by atoms with E-state index in [-0.39, 0.29) is 11.7 Å². The molecule has 2 aliphatic rings. The maximum absolute atomic E-state index is 12.9. The van der Waals surface area contributed by atoms with Crippen LogP contribution in [0.3, 0.4) is 0 Å². The molecule has 8 nitrogen and oxygen atoms in total. The molecular formula is C23H23N5O3S2. The van der Waals surface area contributed by atoms with E-state index < -0.39 is 17.5 Å². The summed E-state index contributed by atoms with van der Waals surface area (Å²) in [6.45, 7) is 2.14. The molecule has 1 aliphatic carbocycles. The van der Waals surface area contributed by atoms with Crippen LogP contribution in [0, 0.1) is 5.92 Å². The number of carbonyl (C=O) groups is 3. The number of thioether (sulfide) groups is 1. The predicted octanol–water partition coefficient (Wildman–Crippen LogP) is 3.98. The minimum atomic E-state index is -0.882. The molecule has 0 bridgehead atoms. The van der Waals surface area contributed by atoms with Crippen molar-refractivity contribution in [2.45, 2.75) is 43.2 Å². The van der Waals surface area contributed by atoms with Gasteiger partial charge in [-0.1, -0.05) is 49.0 Å². The average Bonchev–Trinajstić information content (AvgIpc) is 3.36. The number of aromatic nitrogens is 2. The Kier molecular flexibility index (Phi) is 5.79. The third kappa shape index (κ3) is 4.20. The van der Waals surface area contributed by atoms with Crippen molar-refractivity contribution >= 4 is 51.2 Å². The molecule has 33 heavy (non-hydrogen) atoms. The van der Waals surface area contributed by atoms with Crippen molar-refractivity contribution in [3.8, 4) is 10.4 Å². The zero-order valence-corrected chi connectivity index (χ0v) is 19.7.